The summed E-state index contributed by atoms with van der Waals surface area (Å²) >= 11 is 0. The molecule has 1 saturated heterocycles. The Balaban J connectivity index is 1.48. The molecule has 3 heterocycles. The molecule has 0 aliphatic carbocycles. The van der Waals surface area contributed by atoms with Crippen LogP contribution in [0.5, 0.6) is 0 Å². The van der Waals surface area contributed by atoms with Gasteiger partial charge < -0.3 is 25.0 Å². The molecule has 5 rings (SSSR count). The summed E-state index contributed by atoms with van der Waals surface area (Å²) < 4.78 is 66.3. The zero-order chi connectivity index (χ0) is 33.2. The van der Waals surface area contributed by atoms with Crippen LogP contribution in [0.15, 0.2) is 62.8 Å². The van der Waals surface area contributed by atoms with Gasteiger partial charge in [0.1, 0.15) is 11.6 Å². The summed E-state index contributed by atoms with van der Waals surface area (Å²) in [4.78, 5) is 41.9. The van der Waals surface area contributed by atoms with Gasteiger partial charge in [-0.3, -0.25) is 9.59 Å². The van der Waals surface area contributed by atoms with Crippen molar-refractivity contribution in [2.75, 3.05) is 57.2 Å². The summed E-state index contributed by atoms with van der Waals surface area (Å²) in [7, 11) is -0.859. The lowest BCUT2D eigenvalue weighted by Crippen LogP contribution is -2.57. The zero-order valence-electron chi connectivity index (χ0n) is 25.5. The fraction of sp³-hybridized carbons (Fsp3) is 0.433. The molecule has 1 unspecified atom stereocenters. The lowest BCUT2D eigenvalue weighted by Gasteiger charge is -2.33. The van der Waals surface area contributed by atoms with Crippen LogP contribution in [-0.2, 0) is 29.1 Å². The number of anilines is 2. The molecular formula is C30H34F2N6O7S. The van der Waals surface area contributed by atoms with E-state index in [0.29, 0.717) is 49.9 Å². The van der Waals surface area contributed by atoms with Crippen molar-refractivity contribution in [1.82, 2.24) is 9.62 Å². The maximum absolute atomic E-state index is 14.0. The zero-order valence-corrected chi connectivity index (χ0v) is 26.3. The summed E-state index contributed by atoms with van der Waals surface area (Å²) in [5.41, 5.74) is -1.07. The van der Waals surface area contributed by atoms with Crippen LogP contribution in [0.1, 0.15) is 36.5 Å². The lowest BCUT2D eigenvalue weighted by atomic mass is 9.94. The van der Waals surface area contributed by atoms with Gasteiger partial charge in [-0.05, 0) is 50.1 Å². The Morgan fingerprint density at radius 1 is 1.11 bits per heavy atom. The fourth-order valence-electron chi connectivity index (χ4n) is 5.48. The van der Waals surface area contributed by atoms with Gasteiger partial charge in [-0.1, -0.05) is 0 Å². The number of halogens is 2. The van der Waals surface area contributed by atoms with Crippen LogP contribution < -0.4 is 15.5 Å². The highest BCUT2D eigenvalue weighted by Gasteiger charge is 2.53. The summed E-state index contributed by atoms with van der Waals surface area (Å²) in [6.07, 6.45) is 1.04. The number of nitrogens with one attached hydrogen (secondary N) is 2. The van der Waals surface area contributed by atoms with Crippen molar-refractivity contribution in [1.29, 1.82) is 0 Å². The van der Waals surface area contributed by atoms with Crippen LogP contribution in [-0.4, -0.2) is 83.2 Å². The van der Waals surface area contributed by atoms with Gasteiger partial charge in [-0.2, -0.15) is 9.42 Å². The van der Waals surface area contributed by atoms with Crippen LogP contribution in [0, 0.1) is 17.6 Å². The highest BCUT2D eigenvalue weighted by molar-refractivity contribution is 7.89. The van der Waals surface area contributed by atoms with Crippen LogP contribution in [0.4, 0.5) is 20.2 Å². The van der Waals surface area contributed by atoms with Crippen LogP contribution in [0.3, 0.4) is 0 Å². The molecule has 2 aromatic rings. The number of benzene rings is 2. The third kappa shape index (κ3) is 6.50. The Morgan fingerprint density at radius 2 is 1.80 bits per heavy atom. The number of hydrogen-bond donors (Lipinski definition) is 2. The minimum Gasteiger partial charge on any atom is -0.462 e. The molecule has 0 radical (unpaired) electrons. The molecule has 13 nitrogen and oxygen atoms in total. The van der Waals surface area contributed by atoms with E-state index in [9.17, 15) is 31.6 Å². The average Bonchev–Trinajstić information content (AvgIpc) is 3.39. The van der Waals surface area contributed by atoms with E-state index in [4.69, 9.17) is 9.47 Å². The van der Waals surface area contributed by atoms with Crippen molar-refractivity contribution in [2.24, 2.45) is 16.1 Å². The number of carbonyl (C=O) groups excluding carboxylic acids is 3. The first kappa shape index (κ1) is 33.1. The molecule has 1 fully saturated rings. The molecule has 3 aliphatic heterocycles. The van der Waals surface area contributed by atoms with Crippen molar-refractivity contribution in [2.45, 2.75) is 36.7 Å². The van der Waals surface area contributed by atoms with E-state index in [-0.39, 0.29) is 53.9 Å². The van der Waals surface area contributed by atoms with Gasteiger partial charge >= 0.3 is 5.97 Å². The van der Waals surface area contributed by atoms with Crippen molar-refractivity contribution in [3.8, 4) is 0 Å². The van der Waals surface area contributed by atoms with Gasteiger partial charge in [0.15, 0.2) is 0 Å². The minimum absolute atomic E-state index is 0.00315. The van der Waals surface area contributed by atoms with E-state index in [0.717, 1.165) is 4.31 Å². The number of carbonyl (C=O) groups is 3. The minimum atomic E-state index is -4.45. The van der Waals surface area contributed by atoms with E-state index in [2.05, 4.69) is 20.9 Å². The summed E-state index contributed by atoms with van der Waals surface area (Å²) in [6, 6.07) is 6.71. The van der Waals surface area contributed by atoms with Crippen LogP contribution in [0.2, 0.25) is 0 Å². The Hall–Kier alpha value is -4.28. The first-order chi connectivity index (χ1) is 21.9. The topological polar surface area (TPSA) is 159 Å². The van der Waals surface area contributed by atoms with Crippen LogP contribution >= 0.6 is 0 Å². The molecule has 3 aliphatic rings. The molecule has 1 atom stereocenters. The molecule has 0 spiro atoms. The predicted molar refractivity (Wildman–Crippen MR) is 161 cm³/mol. The summed E-state index contributed by atoms with van der Waals surface area (Å²) in [5.74, 6) is -4.59. The molecule has 0 saturated carbocycles. The summed E-state index contributed by atoms with van der Waals surface area (Å²) in [6.45, 7) is 1.73. The van der Waals surface area contributed by atoms with Gasteiger partial charge in [0.25, 0.3) is 11.6 Å². The number of amides is 2. The highest BCUT2D eigenvalue weighted by Crippen LogP contribution is 2.39. The monoisotopic (exact) mass is 660 g/mol. The number of azo groups is 1. The molecule has 2 N–H and O–H groups in total. The van der Waals surface area contributed by atoms with Gasteiger partial charge in [-0.15, -0.1) is 5.11 Å². The largest absolute Gasteiger partial charge is 0.462 e. The van der Waals surface area contributed by atoms with Gasteiger partial charge in [0.05, 0.1) is 28.5 Å². The first-order valence-electron chi connectivity index (χ1n) is 14.7. The predicted octanol–water partition coefficient (Wildman–Crippen LogP) is 3.20. The third-order valence-corrected chi connectivity index (χ3v) is 9.81. The second-order valence-corrected chi connectivity index (χ2v) is 13.1. The molecule has 0 aromatic heterocycles. The van der Waals surface area contributed by atoms with Crippen molar-refractivity contribution in [3.63, 3.8) is 0 Å². The number of nitrogens with zero attached hydrogens (tertiary/aromatic N) is 4. The molecule has 46 heavy (non-hydrogen) atoms. The molecule has 16 heteroatoms. The normalized spacial score (nSPS) is 20.3. The highest BCUT2D eigenvalue weighted by atomic mass is 32.2. The van der Waals surface area contributed by atoms with Gasteiger partial charge in [0.2, 0.25) is 15.9 Å². The summed E-state index contributed by atoms with van der Waals surface area (Å²) in [5, 5.41) is 13.7. The second-order valence-electron chi connectivity index (χ2n) is 11.2. The Labute approximate surface area is 264 Å². The number of rotatable bonds is 9. The third-order valence-electron chi connectivity index (χ3n) is 7.99. The standard InChI is InChI=1S/C30H34F2N6O7S/c1-4-45-29(41)30(24-17-38(10-7-25(24)35-36-30)46(42,43)22-14-19(31)13-20(32)15-22)34-28(40)23-6-5-21(37(2)3)16-26(23)33-27(39)18-8-11-44-12-9-18/h5-6,13-16,18H,4,7-12,17H2,1-3H3,(H,33,39)(H,34,40). The maximum Gasteiger partial charge on any atom is 0.361 e. The Bertz CT molecular complexity index is 1710. The van der Waals surface area contributed by atoms with E-state index in [1.165, 1.54) is 6.07 Å². The van der Waals surface area contributed by atoms with E-state index >= 15 is 0 Å². The SMILES string of the molecule is CCOC(=O)C1(NC(=O)c2ccc(N(C)C)cc2NC(=O)C2CCOCC2)N=NC2=C1CN(S(=O)(=O)c1cc(F)cc(F)c1)CC2. The van der Waals surface area contributed by atoms with Gasteiger partial charge in [0, 0.05) is 70.1 Å². The fourth-order valence-corrected chi connectivity index (χ4v) is 6.93. The van der Waals surface area contributed by atoms with E-state index in [1.54, 1.807) is 38.1 Å². The second kappa shape index (κ2) is 13.2. The average molecular weight is 661 g/mol. The van der Waals surface area contributed by atoms with Crippen LogP contribution in [0.25, 0.3) is 0 Å². The quantitative estimate of drug-likeness (QED) is 0.388. The maximum atomic E-state index is 14.0. The van der Waals surface area contributed by atoms with Crippen molar-refractivity contribution < 1.29 is 41.1 Å². The van der Waals surface area contributed by atoms with E-state index in [1.807, 2.05) is 0 Å². The molecule has 2 aromatic carbocycles. The number of ether oxygens (including phenoxy) is 2. The molecule has 0 bridgehead atoms. The number of sulfonamides is 1. The lowest BCUT2D eigenvalue weighted by molar-refractivity contribution is -0.149. The van der Waals surface area contributed by atoms with Gasteiger partial charge in [-0.25, -0.2) is 22.0 Å². The first-order valence-corrected chi connectivity index (χ1v) is 16.1. The van der Waals surface area contributed by atoms with Crippen molar-refractivity contribution >= 4 is 39.2 Å². The molecular weight excluding hydrogens is 626 g/mol. The van der Waals surface area contributed by atoms with E-state index < -0.39 is 50.6 Å². The van der Waals surface area contributed by atoms with Crippen molar-refractivity contribution in [3.05, 3.63) is 64.9 Å². The Morgan fingerprint density at radius 3 is 2.46 bits per heavy atom. The number of hydrogen-bond acceptors (Lipinski definition) is 10. The molecule has 2 amide bonds. The molecule has 246 valence electrons. The number of esters is 1. The smallest absolute Gasteiger partial charge is 0.361 e. The Kier molecular flexibility index (Phi) is 9.51.